The van der Waals surface area contributed by atoms with Crippen LogP contribution in [0.15, 0.2) is 33.7 Å². The Morgan fingerprint density at radius 1 is 1.42 bits per heavy atom. The summed E-state index contributed by atoms with van der Waals surface area (Å²) < 4.78 is 46.5. The van der Waals surface area contributed by atoms with Crippen molar-refractivity contribution in [2.24, 2.45) is 16.6 Å². The van der Waals surface area contributed by atoms with Gasteiger partial charge in [0.15, 0.2) is 5.54 Å². The molecule has 7 heteroatoms. The smallest absolute Gasteiger partial charge is 0.418 e. The average Bonchev–Trinajstić information content (AvgIpc) is 3.05. The molecule has 1 heterocycles. The molecule has 2 N–H and O–H groups in total. The van der Waals surface area contributed by atoms with Crippen molar-refractivity contribution in [3.05, 3.63) is 34.3 Å². The highest BCUT2D eigenvalue weighted by atomic mass is 79.9. The minimum atomic E-state index is -4.51. The summed E-state index contributed by atoms with van der Waals surface area (Å²) >= 11 is 3.19. The molecule has 0 aromatic heterocycles. The van der Waals surface area contributed by atoms with Crippen molar-refractivity contribution >= 4 is 22.0 Å². The number of halogens is 4. The maximum absolute atomic E-state index is 13.6. The van der Waals surface area contributed by atoms with Crippen LogP contribution in [-0.2, 0) is 10.3 Å². The Labute approximate surface area is 115 Å². The highest BCUT2D eigenvalue weighted by Crippen LogP contribution is 2.59. The number of fused-ring (bicyclic) bond motifs is 1. The van der Waals surface area contributed by atoms with Crippen molar-refractivity contribution in [1.29, 1.82) is 0 Å². The van der Waals surface area contributed by atoms with Crippen LogP contribution in [0.1, 0.15) is 12.0 Å². The van der Waals surface area contributed by atoms with Gasteiger partial charge in [-0.2, -0.15) is 13.2 Å². The summed E-state index contributed by atoms with van der Waals surface area (Å²) in [5.41, 5.74) is 3.22. The first kappa shape index (κ1) is 12.8. The molecule has 3 nitrogen and oxygen atoms in total. The van der Waals surface area contributed by atoms with Crippen LogP contribution in [0.5, 0.6) is 0 Å². The molecule has 1 aliphatic heterocycles. The Hall–Kier alpha value is -1.24. The molecule has 3 atom stereocenters. The Bertz CT molecular complexity index is 560. The van der Waals surface area contributed by atoms with Crippen LogP contribution in [0, 0.1) is 5.92 Å². The Balaban J connectivity index is 2.21. The first-order chi connectivity index (χ1) is 8.84. The Kier molecular flexibility index (Phi) is 2.61. The predicted octanol–water partition coefficient (Wildman–Crippen LogP) is 2.94. The molecule has 1 unspecified atom stereocenters. The molecule has 0 saturated heterocycles. The van der Waals surface area contributed by atoms with Gasteiger partial charge < -0.3 is 10.5 Å². The van der Waals surface area contributed by atoms with Crippen LogP contribution < -0.4 is 5.73 Å². The van der Waals surface area contributed by atoms with Gasteiger partial charge in [0.05, 0.1) is 0 Å². The van der Waals surface area contributed by atoms with Crippen LogP contribution in [0.3, 0.4) is 0 Å². The molecule has 0 bridgehead atoms. The third-order valence-electron chi connectivity index (χ3n) is 3.52. The van der Waals surface area contributed by atoms with Gasteiger partial charge in [-0.15, -0.1) is 0 Å². The maximum Gasteiger partial charge on any atom is 0.418 e. The SMILES string of the molecule is NC1=N[C@@](c2cccc(Br)c2)(C(F)(F)F)C2C[C@H]2O1. The summed E-state index contributed by atoms with van der Waals surface area (Å²) in [5.74, 6) is -0.700. The van der Waals surface area contributed by atoms with E-state index in [0.717, 1.165) is 0 Å². The van der Waals surface area contributed by atoms with Gasteiger partial charge in [-0.1, -0.05) is 28.1 Å². The van der Waals surface area contributed by atoms with E-state index in [1.807, 2.05) is 0 Å². The van der Waals surface area contributed by atoms with Gasteiger partial charge in [-0.05, 0) is 24.1 Å². The van der Waals surface area contributed by atoms with Gasteiger partial charge in [0.25, 0.3) is 6.02 Å². The fourth-order valence-corrected chi connectivity index (χ4v) is 3.02. The van der Waals surface area contributed by atoms with Gasteiger partial charge in [0.2, 0.25) is 0 Å². The third kappa shape index (κ3) is 1.82. The summed E-state index contributed by atoms with van der Waals surface area (Å²) in [6, 6.07) is 5.70. The molecular formula is C12H10BrF3N2O. The fraction of sp³-hybridized carbons (Fsp3) is 0.417. The van der Waals surface area contributed by atoms with Crippen LogP contribution in [-0.4, -0.2) is 18.3 Å². The number of hydrogen-bond donors (Lipinski definition) is 1. The molecule has 1 fully saturated rings. The van der Waals surface area contributed by atoms with E-state index in [9.17, 15) is 13.2 Å². The largest absolute Gasteiger partial charge is 0.462 e. The summed E-state index contributed by atoms with van der Waals surface area (Å²) in [6.45, 7) is 0. The first-order valence-corrected chi connectivity index (χ1v) is 6.48. The highest BCUT2D eigenvalue weighted by molar-refractivity contribution is 9.10. The average molecular weight is 335 g/mol. The molecule has 1 saturated carbocycles. The number of aliphatic imine (C=N–C) groups is 1. The van der Waals surface area contributed by atoms with E-state index in [0.29, 0.717) is 10.9 Å². The second-order valence-electron chi connectivity index (χ2n) is 4.72. The molecule has 0 spiro atoms. The zero-order valence-electron chi connectivity index (χ0n) is 9.62. The van der Waals surface area contributed by atoms with Gasteiger partial charge in [0, 0.05) is 10.4 Å². The number of alkyl halides is 3. The maximum atomic E-state index is 13.6. The lowest BCUT2D eigenvalue weighted by Gasteiger charge is -2.35. The molecule has 3 rings (SSSR count). The van der Waals surface area contributed by atoms with Crippen molar-refractivity contribution in [2.45, 2.75) is 24.2 Å². The van der Waals surface area contributed by atoms with Crippen LogP contribution in [0.4, 0.5) is 13.2 Å². The number of amidine groups is 1. The summed E-state index contributed by atoms with van der Waals surface area (Å²) in [4.78, 5) is 3.65. The molecule has 19 heavy (non-hydrogen) atoms. The van der Waals surface area contributed by atoms with Crippen LogP contribution in [0.2, 0.25) is 0 Å². The second kappa shape index (κ2) is 3.88. The van der Waals surface area contributed by atoms with Crippen molar-refractivity contribution in [3.63, 3.8) is 0 Å². The van der Waals surface area contributed by atoms with E-state index in [2.05, 4.69) is 20.9 Å². The standard InChI is InChI=1S/C12H10BrF3N2O/c13-7-3-1-2-6(4-7)11(12(14,15)16)8-5-9(8)19-10(17)18-11/h1-4,8-9H,5H2,(H2,17,18)/t8?,9-,11-/m1/s1. The van der Waals surface area contributed by atoms with Gasteiger partial charge >= 0.3 is 6.18 Å². The van der Waals surface area contributed by atoms with Crippen LogP contribution in [0.25, 0.3) is 0 Å². The topological polar surface area (TPSA) is 47.6 Å². The van der Waals surface area contributed by atoms with E-state index in [-0.39, 0.29) is 5.56 Å². The first-order valence-electron chi connectivity index (χ1n) is 5.69. The van der Waals surface area contributed by atoms with Crippen molar-refractivity contribution in [1.82, 2.24) is 0 Å². The Morgan fingerprint density at radius 2 is 2.16 bits per heavy atom. The number of benzene rings is 1. The molecular weight excluding hydrogens is 325 g/mol. The lowest BCUT2D eigenvalue weighted by molar-refractivity contribution is -0.200. The third-order valence-corrected chi connectivity index (χ3v) is 4.02. The van der Waals surface area contributed by atoms with Gasteiger partial charge in [-0.3, -0.25) is 0 Å². The van der Waals surface area contributed by atoms with Crippen molar-refractivity contribution in [3.8, 4) is 0 Å². The number of hydrogen-bond acceptors (Lipinski definition) is 3. The van der Waals surface area contributed by atoms with E-state index < -0.39 is 29.8 Å². The van der Waals surface area contributed by atoms with Gasteiger partial charge in [0.1, 0.15) is 6.10 Å². The molecule has 102 valence electrons. The quantitative estimate of drug-likeness (QED) is 0.858. The number of rotatable bonds is 1. The fourth-order valence-electron chi connectivity index (χ4n) is 2.62. The molecule has 1 aromatic rings. The zero-order chi connectivity index (χ0) is 13.8. The normalized spacial score (nSPS) is 33.2. The highest BCUT2D eigenvalue weighted by Gasteiger charge is 2.70. The van der Waals surface area contributed by atoms with E-state index in [1.165, 1.54) is 12.1 Å². The zero-order valence-corrected chi connectivity index (χ0v) is 11.2. The molecule has 1 aliphatic carbocycles. The number of ether oxygens (including phenoxy) is 1. The molecule has 0 radical (unpaired) electrons. The molecule has 1 aromatic carbocycles. The summed E-state index contributed by atoms with van der Waals surface area (Å²) in [5, 5.41) is 0. The van der Waals surface area contributed by atoms with Crippen molar-refractivity contribution in [2.75, 3.05) is 0 Å². The Morgan fingerprint density at radius 3 is 2.79 bits per heavy atom. The van der Waals surface area contributed by atoms with Gasteiger partial charge in [-0.25, -0.2) is 4.99 Å². The van der Waals surface area contributed by atoms with E-state index >= 15 is 0 Å². The number of nitrogens with zero attached hydrogens (tertiary/aromatic N) is 1. The van der Waals surface area contributed by atoms with Crippen molar-refractivity contribution < 1.29 is 17.9 Å². The monoisotopic (exact) mass is 334 g/mol. The lowest BCUT2D eigenvalue weighted by atomic mass is 9.84. The van der Waals surface area contributed by atoms with E-state index in [4.69, 9.17) is 10.5 Å². The van der Waals surface area contributed by atoms with E-state index in [1.54, 1.807) is 12.1 Å². The summed E-state index contributed by atoms with van der Waals surface area (Å²) in [7, 11) is 0. The summed E-state index contributed by atoms with van der Waals surface area (Å²) in [6.07, 6.45) is -4.68. The second-order valence-corrected chi connectivity index (χ2v) is 5.64. The molecule has 2 aliphatic rings. The predicted molar refractivity (Wildman–Crippen MR) is 66.5 cm³/mol. The molecule has 0 amide bonds. The minimum absolute atomic E-state index is 0.0909. The lowest BCUT2D eigenvalue weighted by Crippen LogP contribution is -2.48. The number of nitrogens with two attached hydrogens (primary N) is 1. The minimum Gasteiger partial charge on any atom is -0.462 e. The van der Waals surface area contributed by atoms with Crippen LogP contribution >= 0.6 is 15.9 Å².